The minimum Gasteiger partial charge on any atom is -0.365 e. The molecule has 1 unspecified atom stereocenters. The summed E-state index contributed by atoms with van der Waals surface area (Å²) in [4.78, 5) is 24.0. The molecule has 3 heterocycles. The Kier molecular flexibility index (Phi) is 8.31. The van der Waals surface area contributed by atoms with Crippen LogP contribution in [0.1, 0.15) is 36.0 Å². The minimum absolute atomic E-state index is 0.295. The first kappa shape index (κ1) is 22.2. The fourth-order valence-electron chi connectivity index (χ4n) is 3.12. The summed E-state index contributed by atoms with van der Waals surface area (Å²) in [7, 11) is 1.84. The van der Waals surface area contributed by atoms with Crippen molar-refractivity contribution in [1.29, 1.82) is 0 Å². The summed E-state index contributed by atoms with van der Waals surface area (Å²) in [6.07, 6.45) is 2.96. The van der Waals surface area contributed by atoms with Gasteiger partial charge in [-0.1, -0.05) is 0 Å². The van der Waals surface area contributed by atoms with Crippen molar-refractivity contribution in [2.45, 2.75) is 38.9 Å². The van der Waals surface area contributed by atoms with E-state index in [0.29, 0.717) is 18.0 Å². The third kappa shape index (κ3) is 6.83. The van der Waals surface area contributed by atoms with Gasteiger partial charge in [-0.15, -0.1) is 11.3 Å². The zero-order valence-corrected chi connectivity index (χ0v) is 16.7. The molecule has 1 atom stereocenters. The molecular weight excluding hydrogens is 391 g/mol. The van der Waals surface area contributed by atoms with Crippen molar-refractivity contribution < 1.29 is 18.0 Å². The van der Waals surface area contributed by atoms with E-state index in [4.69, 9.17) is 4.79 Å². The lowest BCUT2D eigenvalue weighted by Crippen LogP contribution is -2.35. The molecule has 0 aromatic carbocycles. The van der Waals surface area contributed by atoms with E-state index in [9.17, 15) is 13.2 Å². The van der Waals surface area contributed by atoms with E-state index in [0.717, 1.165) is 50.1 Å². The highest BCUT2D eigenvalue weighted by atomic mass is 32.1. The van der Waals surface area contributed by atoms with E-state index < -0.39 is 11.9 Å². The van der Waals surface area contributed by atoms with Crippen molar-refractivity contribution >= 4 is 22.8 Å². The van der Waals surface area contributed by atoms with Crippen molar-refractivity contribution in [2.75, 3.05) is 25.5 Å². The number of anilines is 1. The summed E-state index contributed by atoms with van der Waals surface area (Å²) in [6.45, 7) is 4.12. The molecule has 0 radical (unpaired) electrons. The number of piperidine rings is 1. The smallest absolute Gasteiger partial charge is 0.365 e. The van der Waals surface area contributed by atoms with Gasteiger partial charge in [0.25, 0.3) is 0 Å². The van der Waals surface area contributed by atoms with Crippen LogP contribution in [0.3, 0.4) is 0 Å². The Morgan fingerprint density at radius 2 is 2.11 bits per heavy atom. The van der Waals surface area contributed by atoms with Crippen molar-refractivity contribution in [3.05, 3.63) is 34.9 Å². The molecule has 0 amide bonds. The first-order valence-electron chi connectivity index (χ1n) is 8.98. The maximum absolute atomic E-state index is 12.8. The van der Waals surface area contributed by atoms with Gasteiger partial charge < -0.3 is 10.1 Å². The van der Waals surface area contributed by atoms with E-state index in [1.165, 1.54) is 18.0 Å². The van der Waals surface area contributed by atoms with Crippen LogP contribution in [-0.4, -0.2) is 46.3 Å². The Morgan fingerprint density at radius 3 is 2.75 bits per heavy atom. The molecule has 0 bridgehead atoms. The number of hydrogen-bond acceptors (Lipinski definition) is 7. The topological polar surface area (TPSA) is 71.0 Å². The molecule has 1 fully saturated rings. The van der Waals surface area contributed by atoms with Crippen LogP contribution in [0.4, 0.5) is 18.3 Å². The SMILES string of the molecule is CC=O.CNc1ncc(CN2CCCC(Cc3cncc(C(F)(F)F)n3)C2)s1. The second-order valence-corrected chi connectivity index (χ2v) is 7.57. The van der Waals surface area contributed by atoms with Crippen molar-refractivity contribution in [1.82, 2.24) is 19.9 Å². The number of thiazole rings is 1. The van der Waals surface area contributed by atoms with Crippen molar-refractivity contribution in [3.63, 3.8) is 0 Å². The molecule has 3 rings (SSSR count). The van der Waals surface area contributed by atoms with Crippen LogP contribution in [0.15, 0.2) is 18.6 Å². The molecule has 1 aliphatic heterocycles. The molecule has 1 saturated heterocycles. The van der Waals surface area contributed by atoms with Crippen LogP contribution in [0.25, 0.3) is 0 Å². The number of carbonyl (C=O) groups is 1. The van der Waals surface area contributed by atoms with Crippen molar-refractivity contribution in [3.8, 4) is 0 Å². The molecule has 0 aliphatic carbocycles. The van der Waals surface area contributed by atoms with E-state index in [-0.39, 0.29) is 0 Å². The summed E-state index contributed by atoms with van der Waals surface area (Å²) in [5.74, 6) is 0.295. The minimum atomic E-state index is -4.45. The number of alkyl halides is 3. The number of aromatic nitrogens is 3. The van der Waals surface area contributed by atoms with E-state index in [1.54, 1.807) is 11.3 Å². The van der Waals surface area contributed by atoms with E-state index in [1.807, 2.05) is 13.2 Å². The molecule has 2 aromatic rings. The predicted molar refractivity (Wildman–Crippen MR) is 102 cm³/mol. The third-order valence-electron chi connectivity index (χ3n) is 4.22. The Bertz CT molecular complexity index is 753. The zero-order chi connectivity index (χ0) is 20.6. The number of nitrogens with one attached hydrogen (secondary N) is 1. The maximum Gasteiger partial charge on any atom is 0.434 e. The fraction of sp³-hybridized carbons (Fsp3) is 0.556. The van der Waals surface area contributed by atoms with Gasteiger partial charge in [0, 0.05) is 37.4 Å². The van der Waals surface area contributed by atoms with Crippen LogP contribution in [0.2, 0.25) is 0 Å². The largest absolute Gasteiger partial charge is 0.434 e. The van der Waals surface area contributed by atoms with Crippen LogP contribution >= 0.6 is 11.3 Å². The van der Waals surface area contributed by atoms with E-state index >= 15 is 0 Å². The lowest BCUT2D eigenvalue weighted by molar-refractivity contribution is -0.141. The standard InChI is InChI=1S/C16H20F3N5S.C2H4O/c1-20-15-22-7-13(25-15)10-24-4-2-3-11(9-24)5-12-6-21-8-14(23-12)16(17,18)19;1-2-3/h6-8,11H,2-5,9-10H2,1H3,(H,20,22);2H,1H3. The normalized spacial score (nSPS) is 17.5. The van der Waals surface area contributed by atoms with Gasteiger partial charge in [-0.3, -0.25) is 9.88 Å². The lowest BCUT2D eigenvalue weighted by atomic mass is 9.93. The second-order valence-electron chi connectivity index (χ2n) is 6.46. The van der Waals surface area contributed by atoms with Gasteiger partial charge in [0.1, 0.15) is 6.29 Å². The summed E-state index contributed by atoms with van der Waals surface area (Å²) in [6, 6.07) is 0. The van der Waals surface area contributed by atoms with Crippen LogP contribution in [0, 0.1) is 5.92 Å². The summed E-state index contributed by atoms with van der Waals surface area (Å²) < 4.78 is 38.3. The summed E-state index contributed by atoms with van der Waals surface area (Å²) in [5, 5.41) is 3.92. The van der Waals surface area contributed by atoms with Crippen LogP contribution < -0.4 is 5.32 Å². The number of aldehydes is 1. The highest BCUT2D eigenvalue weighted by molar-refractivity contribution is 7.15. The molecule has 0 saturated carbocycles. The number of carbonyl (C=O) groups excluding carboxylic acids is 1. The van der Waals surface area contributed by atoms with Gasteiger partial charge in [-0.05, 0) is 38.6 Å². The number of hydrogen-bond donors (Lipinski definition) is 1. The number of rotatable bonds is 5. The Hall–Kier alpha value is -2.07. The molecule has 0 spiro atoms. The number of likely N-dealkylation sites (tertiary alicyclic amines) is 1. The summed E-state index contributed by atoms with van der Waals surface area (Å²) in [5.41, 5.74) is -0.501. The average molecular weight is 415 g/mol. The molecule has 28 heavy (non-hydrogen) atoms. The average Bonchev–Trinajstić information content (AvgIpc) is 3.10. The molecule has 1 N–H and O–H groups in total. The van der Waals surface area contributed by atoms with Gasteiger partial charge in [0.2, 0.25) is 0 Å². The second kappa shape index (κ2) is 10.5. The highest BCUT2D eigenvalue weighted by Gasteiger charge is 2.33. The lowest BCUT2D eigenvalue weighted by Gasteiger charge is -2.32. The van der Waals surface area contributed by atoms with Crippen molar-refractivity contribution in [2.24, 2.45) is 5.92 Å². The van der Waals surface area contributed by atoms with Gasteiger partial charge in [-0.25, -0.2) is 9.97 Å². The molecule has 10 heteroatoms. The summed E-state index contributed by atoms with van der Waals surface area (Å²) >= 11 is 1.63. The zero-order valence-electron chi connectivity index (χ0n) is 15.9. The van der Waals surface area contributed by atoms with Gasteiger partial charge in [0.15, 0.2) is 10.8 Å². The van der Waals surface area contributed by atoms with Gasteiger partial charge in [-0.2, -0.15) is 13.2 Å². The number of halogens is 3. The third-order valence-corrected chi connectivity index (χ3v) is 5.22. The quantitative estimate of drug-likeness (QED) is 0.752. The monoisotopic (exact) mass is 415 g/mol. The Labute approximate surface area is 166 Å². The first-order chi connectivity index (χ1) is 13.4. The van der Waals surface area contributed by atoms with Gasteiger partial charge >= 0.3 is 6.18 Å². The fourth-order valence-corrected chi connectivity index (χ4v) is 3.92. The van der Waals surface area contributed by atoms with Crippen LogP contribution in [-0.2, 0) is 23.9 Å². The molecule has 2 aromatic heterocycles. The maximum atomic E-state index is 12.8. The number of nitrogens with zero attached hydrogens (tertiary/aromatic N) is 4. The van der Waals surface area contributed by atoms with Gasteiger partial charge in [0.05, 0.1) is 11.9 Å². The molecule has 154 valence electrons. The van der Waals surface area contributed by atoms with E-state index in [2.05, 4.69) is 25.2 Å². The molecule has 1 aliphatic rings. The Morgan fingerprint density at radius 1 is 1.36 bits per heavy atom. The first-order valence-corrected chi connectivity index (χ1v) is 9.80. The Balaban J connectivity index is 0.000000878. The molecular formula is C18H24F3N5OS. The molecule has 6 nitrogen and oxygen atoms in total. The van der Waals surface area contributed by atoms with Crippen LogP contribution in [0.5, 0.6) is 0 Å². The predicted octanol–water partition coefficient (Wildman–Crippen LogP) is 3.65. The highest BCUT2D eigenvalue weighted by Crippen LogP contribution is 2.28.